The van der Waals surface area contributed by atoms with E-state index in [1.807, 2.05) is 24.3 Å². The summed E-state index contributed by atoms with van der Waals surface area (Å²) in [6.07, 6.45) is 0.871. The molecule has 1 heterocycles. The van der Waals surface area contributed by atoms with E-state index in [1.54, 1.807) is 4.90 Å². The highest BCUT2D eigenvalue weighted by Gasteiger charge is 2.23. The lowest BCUT2D eigenvalue weighted by Gasteiger charge is -2.15. The van der Waals surface area contributed by atoms with Crippen LogP contribution in [0.15, 0.2) is 24.3 Å². The van der Waals surface area contributed by atoms with Crippen molar-refractivity contribution in [2.75, 3.05) is 19.7 Å². The number of ether oxygens (including phenoxy) is 1. The molecule has 0 aromatic heterocycles. The first-order valence-electron chi connectivity index (χ1n) is 6.01. The number of likely N-dealkylation sites (tertiary alicyclic amines) is 1. The number of rotatable bonds is 4. The van der Waals surface area contributed by atoms with Gasteiger partial charge in [0.05, 0.1) is 6.61 Å². The standard InChI is InChI=1S/C13H17ClN2O2/c14-12-4-2-1-3-10(12)8-18-9-13(17)16-6-5-11(15)7-16/h1-4,11H,5-9,15H2. The molecule has 0 radical (unpaired) electrons. The molecule has 4 nitrogen and oxygen atoms in total. The fourth-order valence-electron chi connectivity index (χ4n) is 1.97. The van der Waals surface area contributed by atoms with E-state index in [4.69, 9.17) is 22.1 Å². The third-order valence-corrected chi connectivity index (χ3v) is 3.39. The van der Waals surface area contributed by atoms with Crippen LogP contribution in [-0.2, 0) is 16.1 Å². The first-order chi connectivity index (χ1) is 8.66. The van der Waals surface area contributed by atoms with Crippen LogP contribution in [0.2, 0.25) is 5.02 Å². The number of halogens is 1. The molecule has 98 valence electrons. The lowest BCUT2D eigenvalue weighted by molar-refractivity contribution is -0.135. The number of hydrogen-bond acceptors (Lipinski definition) is 3. The molecular formula is C13H17ClN2O2. The van der Waals surface area contributed by atoms with Gasteiger partial charge in [-0.2, -0.15) is 0 Å². The van der Waals surface area contributed by atoms with Crippen molar-refractivity contribution in [2.24, 2.45) is 5.73 Å². The molecule has 1 atom stereocenters. The van der Waals surface area contributed by atoms with Crippen molar-refractivity contribution >= 4 is 17.5 Å². The minimum absolute atomic E-state index is 0.00463. The van der Waals surface area contributed by atoms with Gasteiger partial charge in [-0.1, -0.05) is 29.8 Å². The molecule has 0 bridgehead atoms. The zero-order chi connectivity index (χ0) is 13.0. The van der Waals surface area contributed by atoms with Crippen molar-refractivity contribution in [1.29, 1.82) is 0 Å². The largest absolute Gasteiger partial charge is 0.367 e. The van der Waals surface area contributed by atoms with Crippen LogP contribution in [0.25, 0.3) is 0 Å². The van der Waals surface area contributed by atoms with E-state index in [0.717, 1.165) is 18.5 Å². The molecule has 18 heavy (non-hydrogen) atoms. The summed E-state index contributed by atoms with van der Waals surface area (Å²) in [4.78, 5) is 13.5. The second-order valence-electron chi connectivity index (χ2n) is 4.47. The van der Waals surface area contributed by atoms with Gasteiger partial charge in [-0.05, 0) is 18.1 Å². The number of amides is 1. The predicted octanol–water partition coefficient (Wildman–Crippen LogP) is 1.42. The lowest BCUT2D eigenvalue weighted by atomic mass is 10.2. The normalized spacial score (nSPS) is 19.2. The summed E-state index contributed by atoms with van der Waals surface area (Å²) in [7, 11) is 0. The summed E-state index contributed by atoms with van der Waals surface area (Å²) in [5, 5.41) is 0.660. The topological polar surface area (TPSA) is 55.6 Å². The van der Waals surface area contributed by atoms with E-state index < -0.39 is 0 Å². The van der Waals surface area contributed by atoms with Gasteiger partial charge in [0.15, 0.2) is 0 Å². The molecular weight excluding hydrogens is 252 g/mol. The Morgan fingerprint density at radius 2 is 2.28 bits per heavy atom. The Labute approximate surface area is 112 Å². The smallest absolute Gasteiger partial charge is 0.248 e. The number of carbonyl (C=O) groups is 1. The SMILES string of the molecule is NC1CCN(C(=O)COCc2ccccc2Cl)C1. The Morgan fingerprint density at radius 3 is 2.94 bits per heavy atom. The van der Waals surface area contributed by atoms with Gasteiger partial charge in [-0.25, -0.2) is 0 Å². The van der Waals surface area contributed by atoms with Crippen LogP contribution in [0.3, 0.4) is 0 Å². The van der Waals surface area contributed by atoms with Gasteiger partial charge in [0.1, 0.15) is 6.61 Å². The van der Waals surface area contributed by atoms with E-state index >= 15 is 0 Å². The van der Waals surface area contributed by atoms with Crippen molar-refractivity contribution in [2.45, 2.75) is 19.1 Å². The summed E-state index contributed by atoms with van der Waals surface area (Å²) < 4.78 is 5.39. The monoisotopic (exact) mass is 268 g/mol. The Morgan fingerprint density at radius 1 is 1.50 bits per heavy atom. The van der Waals surface area contributed by atoms with Crippen LogP contribution in [0.1, 0.15) is 12.0 Å². The highest BCUT2D eigenvalue weighted by Crippen LogP contribution is 2.15. The van der Waals surface area contributed by atoms with Gasteiger partial charge in [-0.3, -0.25) is 4.79 Å². The van der Waals surface area contributed by atoms with E-state index in [1.165, 1.54) is 0 Å². The van der Waals surface area contributed by atoms with Gasteiger partial charge < -0.3 is 15.4 Å². The van der Waals surface area contributed by atoms with Crippen LogP contribution in [-0.4, -0.2) is 36.5 Å². The van der Waals surface area contributed by atoms with Crippen LogP contribution >= 0.6 is 11.6 Å². The molecule has 1 aliphatic heterocycles. The average molecular weight is 269 g/mol. The number of nitrogens with two attached hydrogens (primary N) is 1. The molecule has 0 spiro atoms. The van der Waals surface area contributed by atoms with Crippen LogP contribution in [0.4, 0.5) is 0 Å². The second kappa shape index (κ2) is 6.18. The van der Waals surface area contributed by atoms with Crippen LogP contribution < -0.4 is 5.73 Å². The van der Waals surface area contributed by atoms with E-state index in [0.29, 0.717) is 18.2 Å². The number of hydrogen-bond donors (Lipinski definition) is 1. The third kappa shape index (κ3) is 3.45. The maximum absolute atomic E-state index is 11.8. The van der Waals surface area contributed by atoms with E-state index in [2.05, 4.69) is 0 Å². The zero-order valence-corrected chi connectivity index (χ0v) is 10.9. The van der Waals surface area contributed by atoms with Crippen molar-refractivity contribution < 1.29 is 9.53 Å². The maximum Gasteiger partial charge on any atom is 0.248 e. The molecule has 1 saturated heterocycles. The minimum Gasteiger partial charge on any atom is -0.367 e. The van der Waals surface area contributed by atoms with E-state index in [-0.39, 0.29) is 18.6 Å². The van der Waals surface area contributed by atoms with Crippen molar-refractivity contribution in [1.82, 2.24) is 4.90 Å². The predicted molar refractivity (Wildman–Crippen MR) is 70.3 cm³/mol. The summed E-state index contributed by atoms with van der Waals surface area (Å²) in [5.41, 5.74) is 6.64. The van der Waals surface area contributed by atoms with Crippen molar-refractivity contribution in [3.8, 4) is 0 Å². The zero-order valence-electron chi connectivity index (χ0n) is 10.1. The van der Waals surface area contributed by atoms with Gasteiger partial charge in [0, 0.05) is 24.2 Å². The van der Waals surface area contributed by atoms with Crippen LogP contribution in [0, 0.1) is 0 Å². The van der Waals surface area contributed by atoms with Gasteiger partial charge in [0.25, 0.3) is 0 Å². The first kappa shape index (κ1) is 13.3. The Bertz CT molecular complexity index is 425. The number of benzene rings is 1. The summed E-state index contributed by atoms with van der Waals surface area (Å²) in [6, 6.07) is 7.56. The molecule has 1 aromatic carbocycles. The second-order valence-corrected chi connectivity index (χ2v) is 4.88. The molecule has 2 rings (SSSR count). The highest BCUT2D eigenvalue weighted by molar-refractivity contribution is 6.31. The molecule has 0 aliphatic carbocycles. The third-order valence-electron chi connectivity index (χ3n) is 3.02. The molecule has 2 N–H and O–H groups in total. The molecule has 1 aromatic rings. The molecule has 1 amide bonds. The van der Waals surface area contributed by atoms with Crippen molar-refractivity contribution in [3.05, 3.63) is 34.9 Å². The highest BCUT2D eigenvalue weighted by atomic mass is 35.5. The number of nitrogens with zero attached hydrogens (tertiary/aromatic N) is 1. The average Bonchev–Trinajstić information content (AvgIpc) is 2.78. The summed E-state index contributed by atoms with van der Waals surface area (Å²) >= 11 is 5.99. The fraction of sp³-hybridized carbons (Fsp3) is 0.462. The maximum atomic E-state index is 11.8. The van der Waals surface area contributed by atoms with Gasteiger partial charge >= 0.3 is 0 Å². The lowest BCUT2D eigenvalue weighted by Crippen LogP contribution is -2.34. The Kier molecular flexibility index (Phi) is 4.58. The summed E-state index contributed by atoms with van der Waals surface area (Å²) in [5.74, 6) is -0.00463. The fourth-order valence-corrected chi connectivity index (χ4v) is 2.16. The van der Waals surface area contributed by atoms with Crippen molar-refractivity contribution in [3.63, 3.8) is 0 Å². The number of carbonyl (C=O) groups excluding carboxylic acids is 1. The van der Waals surface area contributed by atoms with Crippen LogP contribution in [0.5, 0.6) is 0 Å². The first-order valence-corrected chi connectivity index (χ1v) is 6.39. The molecule has 0 saturated carbocycles. The summed E-state index contributed by atoms with van der Waals surface area (Å²) in [6.45, 7) is 1.80. The Hall–Kier alpha value is -1.10. The van der Waals surface area contributed by atoms with E-state index in [9.17, 15) is 4.79 Å². The van der Waals surface area contributed by atoms with Gasteiger partial charge in [0.2, 0.25) is 5.91 Å². The Balaban J connectivity index is 1.75. The molecule has 1 fully saturated rings. The van der Waals surface area contributed by atoms with Gasteiger partial charge in [-0.15, -0.1) is 0 Å². The molecule has 1 unspecified atom stereocenters. The molecule has 5 heteroatoms. The molecule has 1 aliphatic rings. The quantitative estimate of drug-likeness (QED) is 0.898. The minimum atomic E-state index is -0.00463.